The number of carbonyl (C=O) groups excluding carboxylic acids is 2. The van der Waals surface area contributed by atoms with Crippen LogP contribution in [0.5, 0.6) is 0 Å². The van der Waals surface area contributed by atoms with Gasteiger partial charge in [0, 0.05) is 23.4 Å². The minimum Gasteiger partial charge on any atom is -0.386 e. The minimum atomic E-state index is -1.04. The highest BCUT2D eigenvalue weighted by Gasteiger charge is 2.35. The van der Waals surface area contributed by atoms with Crippen molar-refractivity contribution < 1.29 is 23.8 Å². The number of anilines is 1. The van der Waals surface area contributed by atoms with Crippen LogP contribution in [0.3, 0.4) is 0 Å². The third-order valence-electron chi connectivity index (χ3n) is 5.44. The number of halogens is 1. The van der Waals surface area contributed by atoms with Crippen LogP contribution in [0.25, 0.3) is 0 Å². The van der Waals surface area contributed by atoms with Crippen LogP contribution >= 0.6 is 0 Å². The lowest BCUT2D eigenvalue weighted by atomic mass is 9.99. The molecule has 0 saturated carbocycles. The van der Waals surface area contributed by atoms with E-state index in [1.807, 2.05) is 6.07 Å². The van der Waals surface area contributed by atoms with Crippen LogP contribution in [0.1, 0.15) is 27.6 Å². The number of aliphatic hydroxyl groups excluding tert-OH is 1. The number of benzene rings is 3. The van der Waals surface area contributed by atoms with Gasteiger partial charge in [-0.05, 0) is 35.9 Å². The number of hydrogen-bond acceptors (Lipinski definition) is 4. The molecule has 1 aliphatic heterocycles. The lowest BCUT2D eigenvalue weighted by Crippen LogP contribution is -2.51. The third-order valence-corrected chi connectivity index (χ3v) is 5.44. The zero-order valence-corrected chi connectivity index (χ0v) is 17.3. The third kappa shape index (κ3) is 4.85. The first-order valence-corrected chi connectivity index (χ1v) is 10.3. The molecule has 2 amide bonds. The van der Waals surface area contributed by atoms with Crippen LogP contribution in [0.15, 0.2) is 78.9 Å². The summed E-state index contributed by atoms with van der Waals surface area (Å²) in [5.74, 6) is -0.949. The second-order valence-electron chi connectivity index (χ2n) is 7.58. The average molecular weight is 434 g/mol. The summed E-state index contributed by atoms with van der Waals surface area (Å²) >= 11 is 0. The molecule has 7 heteroatoms. The standard InChI is InChI=1S/C25H23FN2O4/c26-21-9-5-4-8-19(21)14-28-22(15-32-16-23(28)29)24(30)17-10-12-20(13-11-17)27-25(31)18-6-2-1-3-7-18/h1-13,22,24,30H,14-16H2,(H,27,31). The Balaban J connectivity index is 1.48. The van der Waals surface area contributed by atoms with Crippen molar-refractivity contribution in [3.63, 3.8) is 0 Å². The Bertz CT molecular complexity index is 1090. The molecule has 0 bridgehead atoms. The first kappa shape index (κ1) is 21.7. The smallest absolute Gasteiger partial charge is 0.255 e. The number of nitrogens with one attached hydrogen (secondary N) is 1. The van der Waals surface area contributed by atoms with Crippen LogP contribution in [-0.4, -0.2) is 41.1 Å². The van der Waals surface area contributed by atoms with Gasteiger partial charge in [0.2, 0.25) is 5.91 Å². The van der Waals surface area contributed by atoms with E-state index in [1.165, 1.54) is 11.0 Å². The first-order chi connectivity index (χ1) is 15.5. The molecular formula is C25H23FN2O4. The van der Waals surface area contributed by atoms with Crippen molar-refractivity contribution in [3.05, 3.63) is 101 Å². The molecular weight excluding hydrogens is 411 g/mol. The maximum absolute atomic E-state index is 14.1. The highest BCUT2D eigenvalue weighted by atomic mass is 19.1. The molecule has 164 valence electrons. The number of aliphatic hydroxyl groups is 1. The maximum Gasteiger partial charge on any atom is 0.255 e. The molecule has 4 rings (SSSR count). The molecule has 0 aliphatic carbocycles. The summed E-state index contributed by atoms with van der Waals surface area (Å²) in [5, 5.41) is 13.8. The number of carbonyl (C=O) groups is 2. The molecule has 3 aromatic rings. The van der Waals surface area contributed by atoms with Crippen molar-refractivity contribution >= 4 is 17.5 Å². The van der Waals surface area contributed by atoms with E-state index >= 15 is 0 Å². The number of nitrogens with zero attached hydrogens (tertiary/aromatic N) is 1. The molecule has 3 aromatic carbocycles. The van der Waals surface area contributed by atoms with Crippen LogP contribution in [-0.2, 0) is 16.1 Å². The Morgan fingerprint density at radius 3 is 2.47 bits per heavy atom. The Kier molecular flexibility index (Phi) is 6.58. The van der Waals surface area contributed by atoms with Crippen LogP contribution < -0.4 is 5.32 Å². The minimum absolute atomic E-state index is 0.0435. The fraction of sp³-hybridized carbons (Fsp3) is 0.200. The summed E-state index contributed by atoms with van der Waals surface area (Å²) < 4.78 is 19.5. The van der Waals surface area contributed by atoms with E-state index < -0.39 is 18.0 Å². The fourth-order valence-corrected chi connectivity index (χ4v) is 3.68. The molecule has 1 aliphatic rings. The molecule has 1 heterocycles. The second kappa shape index (κ2) is 9.72. The largest absolute Gasteiger partial charge is 0.386 e. The number of rotatable bonds is 6. The Morgan fingerprint density at radius 2 is 1.75 bits per heavy atom. The van der Waals surface area contributed by atoms with E-state index in [2.05, 4.69) is 5.32 Å². The van der Waals surface area contributed by atoms with Gasteiger partial charge in [0.1, 0.15) is 18.5 Å². The molecule has 0 aromatic heterocycles. The lowest BCUT2D eigenvalue weighted by Gasteiger charge is -2.38. The molecule has 2 atom stereocenters. The SMILES string of the molecule is O=C(Nc1ccc(C(O)C2COCC(=O)N2Cc2ccccc2F)cc1)c1ccccc1. The molecule has 1 saturated heterocycles. The number of ether oxygens (including phenoxy) is 1. The molecule has 0 spiro atoms. The molecule has 0 radical (unpaired) electrons. The zero-order valence-electron chi connectivity index (χ0n) is 17.3. The van der Waals surface area contributed by atoms with E-state index in [4.69, 9.17) is 4.74 Å². The molecule has 1 fully saturated rings. The normalized spacial score (nSPS) is 17.1. The average Bonchev–Trinajstić information content (AvgIpc) is 2.82. The lowest BCUT2D eigenvalue weighted by molar-refractivity contribution is -0.155. The van der Waals surface area contributed by atoms with Crippen LogP contribution in [0, 0.1) is 5.82 Å². The fourth-order valence-electron chi connectivity index (χ4n) is 3.68. The van der Waals surface area contributed by atoms with Gasteiger partial charge in [0.15, 0.2) is 0 Å². The van der Waals surface area contributed by atoms with Gasteiger partial charge in [0.05, 0.1) is 12.6 Å². The Labute approximate surface area is 185 Å². The van der Waals surface area contributed by atoms with Crippen molar-refractivity contribution in [2.45, 2.75) is 18.7 Å². The molecule has 6 nitrogen and oxygen atoms in total. The summed E-state index contributed by atoms with van der Waals surface area (Å²) in [6.45, 7) is 0.0673. The van der Waals surface area contributed by atoms with Crippen molar-refractivity contribution in [3.8, 4) is 0 Å². The zero-order chi connectivity index (χ0) is 22.5. The quantitative estimate of drug-likeness (QED) is 0.622. The molecule has 32 heavy (non-hydrogen) atoms. The number of morpholine rings is 1. The highest BCUT2D eigenvalue weighted by Crippen LogP contribution is 2.27. The van der Waals surface area contributed by atoms with E-state index in [-0.39, 0.29) is 31.6 Å². The number of amides is 2. The number of hydrogen-bond donors (Lipinski definition) is 2. The van der Waals surface area contributed by atoms with E-state index in [0.717, 1.165) is 0 Å². The van der Waals surface area contributed by atoms with Crippen molar-refractivity contribution in [1.29, 1.82) is 0 Å². The van der Waals surface area contributed by atoms with Gasteiger partial charge in [-0.3, -0.25) is 9.59 Å². The maximum atomic E-state index is 14.1. The van der Waals surface area contributed by atoms with Crippen LogP contribution in [0.4, 0.5) is 10.1 Å². The summed E-state index contributed by atoms with van der Waals surface area (Å²) in [4.78, 5) is 26.3. The van der Waals surface area contributed by atoms with E-state index in [1.54, 1.807) is 66.7 Å². The molecule has 2 unspecified atom stereocenters. The first-order valence-electron chi connectivity index (χ1n) is 10.3. The van der Waals surface area contributed by atoms with Crippen molar-refractivity contribution in [2.24, 2.45) is 0 Å². The van der Waals surface area contributed by atoms with Gasteiger partial charge < -0.3 is 20.1 Å². The van der Waals surface area contributed by atoms with Gasteiger partial charge >= 0.3 is 0 Å². The Morgan fingerprint density at radius 1 is 1.06 bits per heavy atom. The molecule has 2 N–H and O–H groups in total. The predicted molar refractivity (Wildman–Crippen MR) is 117 cm³/mol. The van der Waals surface area contributed by atoms with Crippen molar-refractivity contribution in [2.75, 3.05) is 18.5 Å². The highest BCUT2D eigenvalue weighted by molar-refractivity contribution is 6.04. The second-order valence-corrected chi connectivity index (χ2v) is 7.58. The summed E-state index contributed by atoms with van der Waals surface area (Å²) in [5.41, 5.74) is 2.05. The van der Waals surface area contributed by atoms with E-state index in [9.17, 15) is 19.1 Å². The summed E-state index contributed by atoms with van der Waals surface area (Å²) in [6.07, 6.45) is -1.04. The monoisotopic (exact) mass is 434 g/mol. The van der Waals surface area contributed by atoms with Gasteiger partial charge in [0.25, 0.3) is 5.91 Å². The van der Waals surface area contributed by atoms with Gasteiger partial charge in [-0.15, -0.1) is 0 Å². The summed E-state index contributed by atoms with van der Waals surface area (Å²) in [6, 6.07) is 21.2. The Hall–Kier alpha value is -3.55. The topological polar surface area (TPSA) is 78.9 Å². The van der Waals surface area contributed by atoms with E-state index in [0.29, 0.717) is 22.4 Å². The van der Waals surface area contributed by atoms with Gasteiger partial charge in [-0.1, -0.05) is 48.5 Å². The van der Waals surface area contributed by atoms with Gasteiger partial charge in [-0.2, -0.15) is 0 Å². The van der Waals surface area contributed by atoms with Gasteiger partial charge in [-0.25, -0.2) is 4.39 Å². The predicted octanol–water partition coefficient (Wildman–Crippen LogP) is 3.54. The van der Waals surface area contributed by atoms with Crippen LogP contribution in [0.2, 0.25) is 0 Å². The summed E-state index contributed by atoms with van der Waals surface area (Å²) in [7, 11) is 0. The van der Waals surface area contributed by atoms with Crippen molar-refractivity contribution in [1.82, 2.24) is 4.90 Å².